The number of fused-ring (bicyclic) bond motifs is 1. The third-order valence-electron chi connectivity index (χ3n) is 3.10. The minimum Gasteiger partial charge on any atom is -0.432 e. The first-order valence-corrected chi connectivity index (χ1v) is 5.52. The van der Waals surface area contributed by atoms with Gasteiger partial charge in [-0.1, -0.05) is 6.92 Å². The normalized spacial score (nSPS) is 22.0. The Morgan fingerprint density at radius 3 is 2.78 bits per heavy atom. The number of methoxy groups -OCH3 is 2. The van der Waals surface area contributed by atoms with E-state index in [1.807, 2.05) is 6.92 Å². The second-order valence-corrected chi connectivity index (χ2v) is 4.09. The van der Waals surface area contributed by atoms with Crippen LogP contribution in [-0.2, 0) is 16.0 Å². The molecular formula is C10H15N3O5. The van der Waals surface area contributed by atoms with E-state index < -0.39 is 16.8 Å². The van der Waals surface area contributed by atoms with E-state index in [-0.39, 0.29) is 11.8 Å². The van der Waals surface area contributed by atoms with Crippen molar-refractivity contribution in [2.24, 2.45) is 0 Å². The Morgan fingerprint density at radius 2 is 2.33 bits per heavy atom. The highest BCUT2D eigenvalue weighted by Gasteiger charge is 2.49. The highest BCUT2D eigenvalue weighted by molar-refractivity contribution is 5.24. The van der Waals surface area contributed by atoms with Gasteiger partial charge in [-0.15, -0.1) is 0 Å². The summed E-state index contributed by atoms with van der Waals surface area (Å²) in [6.45, 7) is 2.35. The molecule has 2 heterocycles. The van der Waals surface area contributed by atoms with Gasteiger partial charge in [-0.05, 0) is 11.3 Å². The molecule has 0 saturated heterocycles. The molecule has 1 atom stereocenters. The number of aromatic nitrogens is 2. The summed E-state index contributed by atoms with van der Waals surface area (Å²) < 4.78 is 17.8. The first kappa shape index (κ1) is 12.8. The Balaban J connectivity index is 2.26. The minimum atomic E-state index is -0.693. The fourth-order valence-electron chi connectivity index (χ4n) is 2.17. The molecule has 100 valence electrons. The molecule has 1 aromatic rings. The molecule has 0 aromatic carbocycles. The number of hydrogen-bond donors (Lipinski definition) is 0. The molecule has 0 N–H and O–H groups in total. The highest BCUT2D eigenvalue weighted by atomic mass is 16.7. The summed E-state index contributed by atoms with van der Waals surface area (Å²) in [4.78, 5) is 13.9. The number of ether oxygens (including phenoxy) is 3. The molecule has 2 rings (SSSR count). The summed E-state index contributed by atoms with van der Waals surface area (Å²) in [5.74, 6) is -0.221. The first-order chi connectivity index (χ1) is 8.56. The molecule has 18 heavy (non-hydrogen) atoms. The van der Waals surface area contributed by atoms with E-state index in [0.29, 0.717) is 13.0 Å². The number of hydrogen-bond acceptors (Lipinski definition) is 6. The van der Waals surface area contributed by atoms with Crippen molar-refractivity contribution in [3.05, 3.63) is 16.3 Å². The van der Waals surface area contributed by atoms with Crippen molar-refractivity contribution in [1.82, 2.24) is 9.55 Å². The average molecular weight is 257 g/mol. The van der Waals surface area contributed by atoms with Gasteiger partial charge in [0.05, 0.1) is 6.54 Å². The second-order valence-electron chi connectivity index (χ2n) is 4.09. The van der Waals surface area contributed by atoms with Crippen LogP contribution in [0.25, 0.3) is 0 Å². The number of nitro groups is 1. The Labute approximate surface area is 104 Å². The zero-order valence-corrected chi connectivity index (χ0v) is 10.5. The molecule has 0 amide bonds. The zero-order valence-electron chi connectivity index (χ0n) is 10.5. The highest BCUT2D eigenvalue weighted by Crippen LogP contribution is 2.36. The van der Waals surface area contributed by atoms with E-state index in [9.17, 15) is 10.1 Å². The lowest BCUT2D eigenvalue weighted by molar-refractivity contribution is -0.389. The van der Waals surface area contributed by atoms with Crippen LogP contribution >= 0.6 is 0 Å². The maximum absolute atomic E-state index is 10.6. The summed E-state index contributed by atoms with van der Waals surface area (Å²) in [5, 5.41) is 10.6. The van der Waals surface area contributed by atoms with Crippen molar-refractivity contribution in [2.45, 2.75) is 31.8 Å². The SMILES string of the molecule is CCC1(C(OC)OC)Cn2cc([N+](=O)[O-])nc2O1. The fourth-order valence-corrected chi connectivity index (χ4v) is 2.17. The van der Waals surface area contributed by atoms with Gasteiger partial charge in [0.2, 0.25) is 0 Å². The van der Waals surface area contributed by atoms with Gasteiger partial charge in [-0.25, -0.2) is 0 Å². The van der Waals surface area contributed by atoms with Crippen molar-refractivity contribution < 1.29 is 19.1 Å². The third kappa shape index (κ3) is 1.83. The number of rotatable bonds is 5. The van der Waals surface area contributed by atoms with Crippen LogP contribution in [0.2, 0.25) is 0 Å². The second kappa shape index (κ2) is 4.54. The Hall–Kier alpha value is -1.67. The Bertz CT molecular complexity index is 431. The van der Waals surface area contributed by atoms with E-state index in [2.05, 4.69) is 4.98 Å². The van der Waals surface area contributed by atoms with Gasteiger partial charge < -0.3 is 24.3 Å². The van der Waals surface area contributed by atoms with Gasteiger partial charge in [0.1, 0.15) is 6.20 Å². The monoisotopic (exact) mass is 257 g/mol. The molecule has 0 radical (unpaired) electrons. The van der Waals surface area contributed by atoms with Crippen LogP contribution in [0.1, 0.15) is 13.3 Å². The molecule has 1 unspecified atom stereocenters. The molecular weight excluding hydrogens is 242 g/mol. The van der Waals surface area contributed by atoms with Gasteiger partial charge in [-0.3, -0.25) is 4.57 Å². The van der Waals surface area contributed by atoms with Crippen molar-refractivity contribution in [2.75, 3.05) is 14.2 Å². The molecule has 1 aromatic heterocycles. The van der Waals surface area contributed by atoms with Crippen LogP contribution in [0, 0.1) is 10.1 Å². The van der Waals surface area contributed by atoms with Crippen LogP contribution in [0.3, 0.4) is 0 Å². The van der Waals surface area contributed by atoms with Crippen molar-refractivity contribution in [3.8, 4) is 6.01 Å². The van der Waals surface area contributed by atoms with Gasteiger partial charge in [0.25, 0.3) is 0 Å². The van der Waals surface area contributed by atoms with Crippen LogP contribution in [-0.4, -0.2) is 40.6 Å². The molecule has 0 spiro atoms. The predicted molar refractivity (Wildman–Crippen MR) is 60.3 cm³/mol. The average Bonchev–Trinajstić information content (AvgIpc) is 2.86. The van der Waals surface area contributed by atoms with Gasteiger partial charge in [0, 0.05) is 19.2 Å². The fraction of sp³-hybridized carbons (Fsp3) is 0.700. The minimum absolute atomic E-state index is 0.221. The summed E-state index contributed by atoms with van der Waals surface area (Å²) in [7, 11) is 3.05. The summed E-state index contributed by atoms with van der Waals surface area (Å²) in [5.41, 5.74) is -0.693. The standard InChI is InChI=1S/C10H15N3O5/c1-4-10(8(16-2)17-3)6-12-5-7(13(14)15)11-9(12)18-10/h5,8H,4,6H2,1-3H3. The molecule has 0 bridgehead atoms. The lowest BCUT2D eigenvalue weighted by Gasteiger charge is -2.32. The zero-order chi connectivity index (χ0) is 13.3. The summed E-state index contributed by atoms with van der Waals surface area (Å²) in [6.07, 6.45) is 1.44. The summed E-state index contributed by atoms with van der Waals surface area (Å²) in [6, 6.07) is 0.225. The van der Waals surface area contributed by atoms with E-state index >= 15 is 0 Å². The quantitative estimate of drug-likeness (QED) is 0.443. The Morgan fingerprint density at radius 1 is 1.67 bits per heavy atom. The van der Waals surface area contributed by atoms with E-state index in [0.717, 1.165) is 0 Å². The molecule has 0 fully saturated rings. The topological polar surface area (TPSA) is 88.7 Å². The van der Waals surface area contributed by atoms with Gasteiger partial charge >= 0.3 is 11.8 Å². The van der Waals surface area contributed by atoms with E-state index in [4.69, 9.17) is 14.2 Å². The number of nitrogens with zero attached hydrogens (tertiary/aromatic N) is 3. The molecule has 0 saturated carbocycles. The number of imidazole rings is 1. The Kier molecular flexibility index (Phi) is 3.22. The molecule has 0 aliphatic carbocycles. The van der Waals surface area contributed by atoms with E-state index in [1.165, 1.54) is 20.4 Å². The maximum Gasteiger partial charge on any atom is 0.415 e. The van der Waals surface area contributed by atoms with Gasteiger partial charge in [0.15, 0.2) is 11.9 Å². The van der Waals surface area contributed by atoms with Crippen molar-refractivity contribution in [3.63, 3.8) is 0 Å². The smallest absolute Gasteiger partial charge is 0.415 e. The lowest BCUT2D eigenvalue weighted by atomic mass is 10.0. The largest absolute Gasteiger partial charge is 0.432 e. The van der Waals surface area contributed by atoms with Crippen LogP contribution in [0.5, 0.6) is 6.01 Å². The molecule has 8 heteroatoms. The first-order valence-electron chi connectivity index (χ1n) is 5.52. The lowest BCUT2D eigenvalue weighted by Crippen LogP contribution is -2.48. The third-order valence-corrected chi connectivity index (χ3v) is 3.10. The van der Waals surface area contributed by atoms with Crippen molar-refractivity contribution in [1.29, 1.82) is 0 Å². The molecule has 8 nitrogen and oxygen atoms in total. The van der Waals surface area contributed by atoms with Crippen LogP contribution in [0.4, 0.5) is 5.82 Å². The predicted octanol–water partition coefficient (Wildman–Crippen LogP) is 0.951. The van der Waals surface area contributed by atoms with E-state index in [1.54, 1.807) is 4.57 Å². The van der Waals surface area contributed by atoms with Crippen molar-refractivity contribution >= 4 is 5.82 Å². The van der Waals surface area contributed by atoms with Crippen LogP contribution < -0.4 is 4.74 Å². The summed E-state index contributed by atoms with van der Waals surface area (Å²) >= 11 is 0. The molecule has 1 aliphatic heterocycles. The van der Waals surface area contributed by atoms with Gasteiger partial charge in [-0.2, -0.15) is 0 Å². The maximum atomic E-state index is 10.6. The van der Waals surface area contributed by atoms with Crippen LogP contribution in [0.15, 0.2) is 6.20 Å². The molecule has 1 aliphatic rings.